The lowest BCUT2D eigenvalue weighted by atomic mass is 9.90. The van der Waals surface area contributed by atoms with Crippen molar-refractivity contribution in [2.45, 2.75) is 50.4 Å². The van der Waals surface area contributed by atoms with E-state index in [0.717, 1.165) is 6.07 Å². The molecule has 0 atom stereocenters. The van der Waals surface area contributed by atoms with Gasteiger partial charge in [0.05, 0.1) is 11.2 Å². The second kappa shape index (κ2) is 10.9. The third kappa shape index (κ3) is 6.52. The molecule has 0 radical (unpaired) electrons. The molecule has 1 amide bonds. The first-order valence-electron chi connectivity index (χ1n) is 10.6. The Morgan fingerprint density at radius 1 is 1.17 bits per heavy atom. The summed E-state index contributed by atoms with van der Waals surface area (Å²) in [6.45, 7) is 0. The fourth-order valence-corrected chi connectivity index (χ4v) is 4.25. The molecule has 1 aliphatic carbocycles. The minimum Gasteiger partial charge on any atom is -0.397 e. The zero-order valence-corrected chi connectivity index (χ0v) is 19.9. The Hall–Kier alpha value is -2.66. The van der Waals surface area contributed by atoms with Crippen molar-refractivity contribution in [3.63, 3.8) is 0 Å². The fourth-order valence-electron chi connectivity index (χ4n) is 3.89. The molecule has 0 spiro atoms. The van der Waals surface area contributed by atoms with Gasteiger partial charge in [-0.25, -0.2) is 13.8 Å². The van der Waals surface area contributed by atoms with Gasteiger partial charge in [0.15, 0.2) is 0 Å². The normalized spacial score (nSPS) is 20.1. The van der Waals surface area contributed by atoms with Gasteiger partial charge >= 0.3 is 6.18 Å². The van der Waals surface area contributed by atoms with Gasteiger partial charge in [0.1, 0.15) is 16.4 Å². The Morgan fingerprint density at radius 2 is 1.80 bits per heavy atom. The van der Waals surface area contributed by atoms with E-state index in [0.29, 0.717) is 36.1 Å². The van der Waals surface area contributed by atoms with Crippen LogP contribution in [0.15, 0.2) is 40.5 Å². The zero-order chi connectivity index (χ0) is 25.9. The number of rotatable bonds is 6. The van der Waals surface area contributed by atoms with Gasteiger partial charge in [-0.15, -0.1) is 0 Å². The first-order chi connectivity index (χ1) is 16.4. The minimum absolute atomic E-state index is 0.151. The van der Waals surface area contributed by atoms with E-state index in [4.69, 9.17) is 28.9 Å². The first-order valence-corrected chi connectivity index (χ1v) is 11.3. The van der Waals surface area contributed by atoms with E-state index in [1.54, 1.807) is 6.07 Å². The number of benzene rings is 1. The van der Waals surface area contributed by atoms with Crippen LogP contribution in [0.25, 0.3) is 10.9 Å². The van der Waals surface area contributed by atoms with Gasteiger partial charge in [-0.1, -0.05) is 23.2 Å². The number of carbonyl (C=O) groups is 1. The summed E-state index contributed by atoms with van der Waals surface area (Å²) < 4.78 is 66.1. The average Bonchev–Trinajstić information content (AvgIpc) is 2.79. The summed E-state index contributed by atoms with van der Waals surface area (Å²) in [4.78, 5) is 19.8. The molecular weight excluding hydrogens is 516 g/mol. The summed E-state index contributed by atoms with van der Waals surface area (Å²) in [5.41, 5.74) is 3.17. The highest BCUT2D eigenvalue weighted by atomic mass is 35.5. The van der Waals surface area contributed by atoms with Crippen molar-refractivity contribution >= 4 is 50.9 Å². The largest absolute Gasteiger partial charge is 0.433 e. The summed E-state index contributed by atoms with van der Waals surface area (Å²) in [6.07, 6.45) is -5.83. The maximum absolute atomic E-state index is 13.3. The minimum atomic E-state index is -4.62. The number of nitrogens with zero attached hydrogens (tertiary/aromatic N) is 2. The van der Waals surface area contributed by atoms with Crippen LogP contribution < -0.4 is 16.4 Å². The summed E-state index contributed by atoms with van der Waals surface area (Å²) in [7, 11) is 1.24. The Bertz CT molecular complexity index is 1160. The van der Waals surface area contributed by atoms with Crippen molar-refractivity contribution in [3.05, 3.63) is 46.3 Å². The topological polar surface area (TPSA) is 92.4 Å². The number of nitrogens with one attached hydrogen (secondary N) is 2. The van der Waals surface area contributed by atoms with Crippen molar-refractivity contribution in [2.24, 2.45) is 10.7 Å². The molecule has 6 nitrogen and oxygen atoms in total. The number of amides is 1. The molecular formula is C22H22Cl2F5N5O. The lowest BCUT2D eigenvalue weighted by molar-refractivity contribution is -0.140. The van der Waals surface area contributed by atoms with Crippen molar-refractivity contribution < 1.29 is 26.7 Å². The number of aliphatic imine (C=N–C) groups is 1. The number of hydrogen-bond acceptors (Lipinski definition) is 5. The van der Waals surface area contributed by atoms with Crippen LogP contribution in [0.2, 0.25) is 5.02 Å². The third-order valence-corrected chi connectivity index (χ3v) is 6.23. The van der Waals surface area contributed by atoms with Gasteiger partial charge < -0.3 is 16.4 Å². The smallest absolute Gasteiger partial charge is 0.397 e. The van der Waals surface area contributed by atoms with E-state index < -0.39 is 40.6 Å². The first kappa shape index (κ1) is 26.9. The zero-order valence-electron chi connectivity index (χ0n) is 18.4. The number of halogens is 7. The Balaban J connectivity index is 1.73. The Kier molecular flexibility index (Phi) is 8.42. The maximum Gasteiger partial charge on any atom is 0.433 e. The van der Waals surface area contributed by atoms with E-state index in [1.165, 1.54) is 19.2 Å². The lowest BCUT2D eigenvalue weighted by Crippen LogP contribution is -2.42. The van der Waals surface area contributed by atoms with E-state index >= 15 is 0 Å². The van der Waals surface area contributed by atoms with E-state index in [9.17, 15) is 26.7 Å². The molecule has 1 aromatic carbocycles. The molecule has 1 saturated carbocycles. The highest BCUT2D eigenvalue weighted by Gasteiger charge is 2.34. The number of anilines is 1. The molecule has 13 heteroatoms. The highest BCUT2D eigenvalue weighted by Crippen LogP contribution is 2.35. The SMILES string of the molecule is CN=C(Cl)C(C(=O)NC1CCC(Nc2cc(C(F)(F)F)nc3ccc(Cl)cc23)CC1)=C(N)C(F)F. The number of carbonyl (C=O) groups excluding carboxylic acids is 1. The standard InChI is InChI=1S/C22H22Cl2F5N5O/c1-31-19(24)17(18(30)20(25)26)21(35)33-12-5-3-11(4-6-12)32-15-9-16(22(27,28)29)34-14-7-2-10(23)8-13(14)15/h2,7-9,11-12,20H,3-6,30H2,1H3,(H,32,34)(H,33,35). The van der Waals surface area contributed by atoms with Crippen molar-refractivity contribution in [2.75, 3.05) is 12.4 Å². The fraction of sp³-hybridized carbons (Fsp3) is 0.409. The van der Waals surface area contributed by atoms with E-state index in [2.05, 4.69) is 20.6 Å². The summed E-state index contributed by atoms with van der Waals surface area (Å²) in [5.74, 6) is -0.862. The number of nitrogens with two attached hydrogens (primary N) is 1. The number of fused-ring (bicyclic) bond motifs is 1. The maximum atomic E-state index is 13.3. The van der Waals surface area contributed by atoms with Gasteiger partial charge in [0.25, 0.3) is 12.3 Å². The van der Waals surface area contributed by atoms with Gasteiger partial charge in [0, 0.05) is 35.2 Å². The summed E-state index contributed by atoms with van der Waals surface area (Å²) >= 11 is 11.8. The number of alkyl halides is 5. The molecule has 1 aromatic heterocycles. The van der Waals surface area contributed by atoms with Crippen LogP contribution in [0.4, 0.5) is 27.6 Å². The van der Waals surface area contributed by atoms with Gasteiger partial charge in [-0.3, -0.25) is 9.79 Å². The molecule has 1 heterocycles. The molecule has 0 saturated heterocycles. The second-order valence-corrected chi connectivity index (χ2v) is 8.82. The van der Waals surface area contributed by atoms with Gasteiger partial charge in [0.2, 0.25) is 0 Å². The number of hydrogen-bond donors (Lipinski definition) is 3. The number of allylic oxidation sites excluding steroid dienone is 1. The van der Waals surface area contributed by atoms with Crippen LogP contribution in [-0.4, -0.2) is 41.6 Å². The quantitative estimate of drug-likeness (QED) is 0.258. The molecule has 1 fully saturated rings. The van der Waals surface area contributed by atoms with Crippen LogP contribution in [0, 0.1) is 0 Å². The molecule has 4 N–H and O–H groups in total. The second-order valence-electron chi connectivity index (χ2n) is 8.03. The molecule has 35 heavy (non-hydrogen) atoms. The number of aromatic nitrogens is 1. The molecule has 0 bridgehead atoms. The van der Waals surface area contributed by atoms with Crippen molar-refractivity contribution in [1.29, 1.82) is 0 Å². The summed E-state index contributed by atoms with van der Waals surface area (Å²) in [5, 5.41) is 6.16. The Labute approximate surface area is 207 Å². The molecule has 1 aliphatic rings. The molecule has 190 valence electrons. The summed E-state index contributed by atoms with van der Waals surface area (Å²) in [6, 6.07) is 4.81. The van der Waals surface area contributed by atoms with Crippen LogP contribution in [-0.2, 0) is 11.0 Å². The van der Waals surface area contributed by atoms with Crippen LogP contribution in [0.5, 0.6) is 0 Å². The Morgan fingerprint density at radius 3 is 2.37 bits per heavy atom. The molecule has 0 unspecified atom stereocenters. The van der Waals surface area contributed by atoms with E-state index in [-0.39, 0.29) is 23.3 Å². The van der Waals surface area contributed by atoms with Gasteiger partial charge in [-0.05, 0) is 49.9 Å². The van der Waals surface area contributed by atoms with Crippen molar-refractivity contribution in [1.82, 2.24) is 10.3 Å². The predicted octanol–water partition coefficient (Wildman–Crippen LogP) is 5.49. The predicted molar refractivity (Wildman–Crippen MR) is 126 cm³/mol. The number of pyridine rings is 1. The molecule has 2 aromatic rings. The van der Waals surface area contributed by atoms with Crippen LogP contribution >= 0.6 is 23.2 Å². The monoisotopic (exact) mass is 537 g/mol. The van der Waals surface area contributed by atoms with E-state index in [1.807, 2.05) is 0 Å². The highest BCUT2D eigenvalue weighted by molar-refractivity contribution is 6.72. The van der Waals surface area contributed by atoms with Crippen LogP contribution in [0.3, 0.4) is 0 Å². The van der Waals surface area contributed by atoms with Gasteiger partial charge in [-0.2, -0.15) is 13.2 Å². The molecule has 3 rings (SSSR count). The molecule has 0 aliphatic heterocycles. The lowest BCUT2D eigenvalue weighted by Gasteiger charge is -2.31. The van der Waals surface area contributed by atoms with Crippen LogP contribution in [0.1, 0.15) is 31.4 Å². The van der Waals surface area contributed by atoms with Crippen molar-refractivity contribution in [3.8, 4) is 0 Å². The third-order valence-electron chi connectivity index (χ3n) is 5.64. The average molecular weight is 538 g/mol.